The second-order valence-corrected chi connectivity index (χ2v) is 1.32. The van der Waals surface area contributed by atoms with Gasteiger partial charge >= 0.3 is 32.7 Å². The molecule has 0 atom stereocenters. The second-order valence-electron chi connectivity index (χ2n) is 1.32. The predicted molar refractivity (Wildman–Crippen MR) is 39.7 cm³/mol. The molecule has 11 heavy (non-hydrogen) atoms. The summed E-state index contributed by atoms with van der Waals surface area (Å²) in [7, 11) is 1.29. The van der Waals surface area contributed by atoms with Crippen LogP contribution in [-0.4, -0.2) is 13.1 Å². The number of carbonyl (C=O) groups excluding carboxylic acids is 1. The van der Waals surface area contributed by atoms with E-state index in [1.165, 1.54) is 7.11 Å². The quantitative estimate of drug-likeness (QED) is 0.308. The molecule has 0 aromatic heterocycles. The molecule has 0 bridgehead atoms. The van der Waals surface area contributed by atoms with E-state index < -0.39 is 5.97 Å². The molecule has 0 aliphatic rings. The molecule has 0 saturated carbocycles. The summed E-state index contributed by atoms with van der Waals surface area (Å²) in [5.74, 6) is -0.458. The Bertz CT molecular complexity index is 150. The van der Waals surface area contributed by atoms with Gasteiger partial charge in [-0.15, -0.1) is 6.92 Å². The number of methoxy groups -OCH3 is 1. The number of ether oxygens (including phenoxy) is 1. The molecule has 2 nitrogen and oxygen atoms in total. The summed E-state index contributed by atoms with van der Waals surface area (Å²) in [6, 6.07) is 0. The molecule has 0 aromatic carbocycles. The van der Waals surface area contributed by atoms with Gasteiger partial charge in [0.15, 0.2) is 0 Å². The molecule has 0 N–H and O–H groups in total. The topological polar surface area (TPSA) is 26.3 Å². The van der Waals surface area contributed by atoms with Crippen LogP contribution in [0.15, 0.2) is 11.6 Å². The normalized spacial score (nSPS) is 8.73. The van der Waals surface area contributed by atoms with Gasteiger partial charge < -0.3 is 29.6 Å². The molecule has 0 aliphatic carbocycles. The molecule has 0 amide bonds. The largest absolute Gasteiger partial charge is 3.00 e. The molecule has 0 spiro atoms. The first kappa shape index (κ1) is 17.2. The number of hydrogen-bond acceptors (Lipinski definition) is 2. The molecule has 0 unspecified atom stereocenters. The molecular weight excluding hydrogens is 217 g/mol. The van der Waals surface area contributed by atoms with E-state index in [1.807, 2.05) is 0 Å². The van der Waals surface area contributed by atoms with Crippen LogP contribution < -0.4 is 0 Å². The summed E-state index contributed by atoms with van der Waals surface area (Å²) in [5.41, 5.74) is 0.262. The third-order valence-corrected chi connectivity index (χ3v) is 0.841. The van der Waals surface area contributed by atoms with Crippen LogP contribution in [0.1, 0.15) is 6.92 Å². The smallest absolute Gasteiger partial charge is 0.536 e. The Hall–Kier alpha value is 0.0539. The van der Waals surface area contributed by atoms with E-state index in [2.05, 4.69) is 10.8 Å². The second kappa shape index (κ2) is 10.1. The minimum absolute atomic E-state index is 0. The van der Waals surface area contributed by atoms with Crippen molar-refractivity contribution >= 4 is 5.97 Å². The summed E-state index contributed by atoms with van der Waals surface area (Å²) in [6.45, 7) is 6.63. The van der Waals surface area contributed by atoms with Crippen molar-refractivity contribution in [2.24, 2.45) is 0 Å². The van der Waals surface area contributed by atoms with Gasteiger partial charge in [-0.25, -0.2) is 0 Å². The number of esters is 1. The maximum absolute atomic E-state index is 10.5. The molecule has 0 aromatic rings. The number of carbonyl (C=O) groups is 1. The fraction of sp³-hybridized carbons (Fsp3) is 0.250. The Morgan fingerprint density at radius 1 is 1.64 bits per heavy atom. The van der Waals surface area contributed by atoms with Crippen molar-refractivity contribution < 1.29 is 42.2 Å². The van der Waals surface area contributed by atoms with E-state index in [-0.39, 0.29) is 45.7 Å². The van der Waals surface area contributed by atoms with E-state index in [1.54, 1.807) is 6.92 Å². The number of allylic oxidation sites excluding steroid dienone is 1. The molecule has 0 aliphatic heterocycles. The third-order valence-electron chi connectivity index (χ3n) is 0.841. The van der Waals surface area contributed by atoms with Gasteiger partial charge in [-0.05, 0) is 0 Å². The fourth-order valence-corrected chi connectivity index (χ4v) is 0.363. The average Bonchev–Trinajstić information content (AvgIpc) is 1.90. The summed E-state index contributed by atoms with van der Waals surface area (Å²) < 4.78 is 4.34. The van der Waals surface area contributed by atoms with Crippen LogP contribution in [-0.2, 0) is 42.2 Å². The standard InChI is InChI=1S/C7H8O2.CH3.Y/c1-4-6(5-2)7(8)9-3;;/h1,4H,2-3H3;1H3;/q-2;-1;+3. The van der Waals surface area contributed by atoms with Gasteiger partial charge in [0.2, 0.25) is 0 Å². The van der Waals surface area contributed by atoms with Crippen molar-refractivity contribution in [3.63, 3.8) is 0 Å². The van der Waals surface area contributed by atoms with Gasteiger partial charge in [-0.1, -0.05) is 0 Å². The van der Waals surface area contributed by atoms with E-state index in [0.29, 0.717) is 0 Å². The van der Waals surface area contributed by atoms with Crippen LogP contribution >= 0.6 is 0 Å². The van der Waals surface area contributed by atoms with Crippen molar-refractivity contribution in [2.75, 3.05) is 7.11 Å². The number of hydrogen-bond donors (Lipinski definition) is 0. The monoisotopic (exact) mass is 228 g/mol. The van der Waals surface area contributed by atoms with Crippen LogP contribution in [0, 0.1) is 20.1 Å². The zero-order valence-corrected chi connectivity index (χ0v) is 9.89. The van der Waals surface area contributed by atoms with Gasteiger partial charge in [0.1, 0.15) is 5.97 Å². The summed E-state index contributed by atoms with van der Waals surface area (Å²) in [5, 5.41) is 0. The molecule has 3 heteroatoms. The van der Waals surface area contributed by atoms with Crippen molar-refractivity contribution in [1.82, 2.24) is 0 Å². The first-order chi connectivity index (χ1) is 4.26. The van der Waals surface area contributed by atoms with Gasteiger partial charge in [-0.3, -0.25) is 11.6 Å². The van der Waals surface area contributed by atoms with Gasteiger partial charge in [-0.2, -0.15) is 0 Å². The van der Waals surface area contributed by atoms with E-state index in [0.717, 1.165) is 6.08 Å². The van der Waals surface area contributed by atoms with Crippen molar-refractivity contribution in [1.29, 1.82) is 0 Å². The SMILES string of the molecule is [CH-]=CC(=[C-]C)C(=O)OC.[CH3-].[Y+3]. The van der Waals surface area contributed by atoms with Crippen LogP contribution in [0.2, 0.25) is 0 Å². The van der Waals surface area contributed by atoms with Gasteiger partial charge in [0.25, 0.3) is 0 Å². The minimum atomic E-state index is -0.458. The van der Waals surface area contributed by atoms with E-state index >= 15 is 0 Å². The van der Waals surface area contributed by atoms with Crippen LogP contribution in [0.25, 0.3) is 0 Å². The van der Waals surface area contributed by atoms with Crippen LogP contribution in [0.5, 0.6) is 0 Å². The van der Waals surface area contributed by atoms with Gasteiger partial charge in [0, 0.05) is 0 Å². The third kappa shape index (κ3) is 6.45. The summed E-state index contributed by atoms with van der Waals surface area (Å²) in [6.07, 6.45) is 3.72. The van der Waals surface area contributed by atoms with E-state index in [9.17, 15) is 4.79 Å². The summed E-state index contributed by atoms with van der Waals surface area (Å²) in [4.78, 5) is 10.5. The van der Waals surface area contributed by atoms with Crippen molar-refractivity contribution in [3.05, 3.63) is 31.7 Å². The Morgan fingerprint density at radius 2 is 2.09 bits per heavy atom. The molecule has 58 valence electrons. The Morgan fingerprint density at radius 3 is 2.18 bits per heavy atom. The molecular formula is C8H11O2Y. The fourth-order valence-electron chi connectivity index (χ4n) is 0.363. The first-order valence-electron chi connectivity index (χ1n) is 2.44. The molecule has 0 radical (unpaired) electrons. The molecule has 0 fully saturated rings. The average molecular weight is 228 g/mol. The minimum Gasteiger partial charge on any atom is -0.536 e. The van der Waals surface area contributed by atoms with E-state index in [4.69, 9.17) is 6.58 Å². The van der Waals surface area contributed by atoms with Crippen molar-refractivity contribution in [2.45, 2.75) is 6.92 Å². The maximum Gasteiger partial charge on any atom is 3.00 e. The van der Waals surface area contributed by atoms with Crippen molar-refractivity contribution in [3.8, 4) is 0 Å². The Labute approximate surface area is 93.6 Å². The molecule has 0 saturated heterocycles. The predicted octanol–water partition coefficient (Wildman–Crippen LogP) is 1.35. The summed E-state index contributed by atoms with van der Waals surface area (Å²) >= 11 is 0. The molecule has 0 heterocycles. The zero-order valence-electron chi connectivity index (χ0n) is 7.05. The Kier molecular flexibility index (Phi) is 15.7. The zero-order chi connectivity index (χ0) is 7.28. The molecule has 0 rings (SSSR count). The first-order valence-corrected chi connectivity index (χ1v) is 2.44. The maximum atomic E-state index is 10.5. The van der Waals surface area contributed by atoms with Gasteiger partial charge in [0.05, 0.1) is 7.11 Å². The van der Waals surface area contributed by atoms with Crippen LogP contribution in [0.3, 0.4) is 0 Å². The Balaban J connectivity index is -0.000000320. The van der Waals surface area contributed by atoms with Crippen LogP contribution in [0.4, 0.5) is 0 Å². The number of rotatable bonds is 2.